The van der Waals surface area contributed by atoms with Gasteiger partial charge in [0.25, 0.3) is 0 Å². The van der Waals surface area contributed by atoms with Crippen LogP contribution in [0, 0.1) is 6.92 Å². The first-order chi connectivity index (χ1) is 14.2. The SMILES string of the molecule is CCCN(CCC)c1c(C)c(Nc2ccc(OC(F)(F)F)cc2Cl)nc2ccnn12. The molecule has 1 N–H and O–H groups in total. The molecule has 6 nitrogen and oxygen atoms in total. The number of fused-ring (bicyclic) bond motifs is 1. The largest absolute Gasteiger partial charge is 0.573 e. The van der Waals surface area contributed by atoms with Gasteiger partial charge in [0, 0.05) is 30.8 Å². The summed E-state index contributed by atoms with van der Waals surface area (Å²) < 4.78 is 43.0. The second-order valence-corrected chi connectivity index (χ2v) is 7.22. The van der Waals surface area contributed by atoms with Crippen LogP contribution in [0.4, 0.5) is 30.5 Å². The topological polar surface area (TPSA) is 54.7 Å². The lowest BCUT2D eigenvalue weighted by molar-refractivity contribution is -0.274. The molecule has 0 aliphatic carbocycles. The van der Waals surface area contributed by atoms with E-state index in [1.54, 1.807) is 16.8 Å². The van der Waals surface area contributed by atoms with Crippen LogP contribution in [-0.2, 0) is 0 Å². The molecule has 0 radical (unpaired) electrons. The maximum atomic E-state index is 12.4. The van der Waals surface area contributed by atoms with Gasteiger partial charge < -0.3 is 15.0 Å². The zero-order valence-corrected chi connectivity index (χ0v) is 17.7. The second kappa shape index (κ2) is 8.99. The van der Waals surface area contributed by atoms with Gasteiger partial charge in [-0.25, -0.2) is 4.98 Å². The first-order valence-electron chi connectivity index (χ1n) is 9.65. The zero-order valence-electron chi connectivity index (χ0n) is 16.9. The lowest BCUT2D eigenvalue weighted by Crippen LogP contribution is -2.28. The molecule has 0 fully saturated rings. The summed E-state index contributed by atoms with van der Waals surface area (Å²) in [6.45, 7) is 7.87. The van der Waals surface area contributed by atoms with Crippen molar-refractivity contribution in [1.29, 1.82) is 0 Å². The quantitative estimate of drug-likeness (QED) is 0.467. The van der Waals surface area contributed by atoms with Gasteiger partial charge in [0.1, 0.15) is 17.4 Å². The van der Waals surface area contributed by atoms with Crippen LogP contribution >= 0.6 is 11.6 Å². The summed E-state index contributed by atoms with van der Waals surface area (Å²) in [6.07, 6.45) is -1.15. The fourth-order valence-corrected chi connectivity index (χ4v) is 3.50. The lowest BCUT2D eigenvalue weighted by atomic mass is 10.2. The molecule has 0 aliphatic rings. The van der Waals surface area contributed by atoms with Crippen LogP contribution in [0.3, 0.4) is 0 Å². The van der Waals surface area contributed by atoms with Gasteiger partial charge >= 0.3 is 6.36 Å². The molecule has 10 heteroatoms. The Labute approximate surface area is 177 Å². The zero-order chi connectivity index (χ0) is 21.9. The fraction of sp³-hybridized carbons (Fsp3) is 0.400. The molecule has 3 rings (SSSR count). The van der Waals surface area contributed by atoms with Crippen molar-refractivity contribution in [2.75, 3.05) is 23.3 Å². The van der Waals surface area contributed by atoms with Gasteiger partial charge in [0.15, 0.2) is 5.65 Å². The van der Waals surface area contributed by atoms with Gasteiger partial charge in [-0.3, -0.25) is 0 Å². The number of alkyl halides is 3. The van der Waals surface area contributed by atoms with Crippen LogP contribution in [0.5, 0.6) is 5.75 Å². The highest BCUT2D eigenvalue weighted by molar-refractivity contribution is 6.33. The standard InChI is InChI=1S/C20H23ClF3N5O/c1-4-10-28(11-5-2)19-13(3)18(27-17-8-9-25-29(17)19)26-16-7-6-14(12-15(16)21)30-20(22,23)24/h6-9,12H,4-5,10-11H2,1-3H3,(H,26,27). The van der Waals surface area contributed by atoms with E-state index in [4.69, 9.17) is 11.6 Å². The Balaban J connectivity index is 2.00. The molecule has 0 bridgehead atoms. The highest BCUT2D eigenvalue weighted by Gasteiger charge is 2.31. The van der Waals surface area contributed by atoms with Crippen LogP contribution in [0.1, 0.15) is 32.3 Å². The molecule has 1 aromatic carbocycles. The fourth-order valence-electron chi connectivity index (χ4n) is 3.29. The average molecular weight is 442 g/mol. The van der Waals surface area contributed by atoms with Gasteiger partial charge in [-0.15, -0.1) is 13.2 Å². The first-order valence-corrected chi connectivity index (χ1v) is 10.0. The Bertz CT molecular complexity index is 1020. The number of hydrogen-bond donors (Lipinski definition) is 1. The van der Waals surface area contributed by atoms with Crippen molar-refractivity contribution in [2.45, 2.75) is 40.0 Å². The van der Waals surface area contributed by atoms with E-state index in [1.807, 2.05) is 6.92 Å². The predicted molar refractivity (Wildman–Crippen MR) is 112 cm³/mol. The highest BCUT2D eigenvalue weighted by atomic mass is 35.5. The van der Waals surface area contributed by atoms with E-state index in [-0.39, 0.29) is 10.8 Å². The Kier molecular flexibility index (Phi) is 6.60. The summed E-state index contributed by atoms with van der Waals surface area (Å²) >= 11 is 6.19. The number of nitrogens with zero attached hydrogens (tertiary/aromatic N) is 4. The monoisotopic (exact) mass is 441 g/mol. The molecule has 0 saturated carbocycles. The third-order valence-corrected chi connectivity index (χ3v) is 4.77. The van der Waals surface area contributed by atoms with Crippen LogP contribution in [0.15, 0.2) is 30.5 Å². The number of rotatable bonds is 8. The minimum Gasteiger partial charge on any atom is -0.406 e. The molecular formula is C20H23ClF3N5O. The minimum absolute atomic E-state index is 0.0897. The molecule has 0 saturated heterocycles. The molecule has 0 unspecified atom stereocenters. The van der Waals surface area contributed by atoms with E-state index < -0.39 is 6.36 Å². The van der Waals surface area contributed by atoms with E-state index >= 15 is 0 Å². The van der Waals surface area contributed by atoms with Crippen molar-refractivity contribution in [3.63, 3.8) is 0 Å². The Hall–Kier alpha value is -2.68. The second-order valence-electron chi connectivity index (χ2n) is 6.81. The lowest BCUT2D eigenvalue weighted by Gasteiger charge is -2.27. The highest BCUT2D eigenvalue weighted by Crippen LogP contribution is 2.34. The van der Waals surface area contributed by atoms with Gasteiger partial charge in [0.2, 0.25) is 0 Å². The number of aromatic nitrogens is 3. The molecule has 162 valence electrons. The number of nitrogens with one attached hydrogen (secondary N) is 1. The van der Waals surface area contributed by atoms with Gasteiger partial charge in [-0.05, 0) is 31.9 Å². The maximum absolute atomic E-state index is 12.4. The van der Waals surface area contributed by atoms with Crippen LogP contribution in [-0.4, -0.2) is 34.0 Å². The molecular weight excluding hydrogens is 419 g/mol. The van der Waals surface area contributed by atoms with Crippen molar-refractivity contribution in [3.05, 3.63) is 41.0 Å². The third-order valence-electron chi connectivity index (χ3n) is 4.45. The number of benzene rings is 1. The first kappa shape index (κ1) is 22.0. The van der Waals surface area contributed by atoms with Crippen molar-refractivity contribution >= 4 is 34.6 Å². The summed E-state index contributed by atoms with van der Waals surface area (Å²) in [5, 5.41) is 7.65. The summed E-state index contributed by atoms with van der Waals surface area (Å²) in [4.78, 5) is 6.86. The normalized spacial score (nSPS) is 11.7. The predicted octanol–water partition coefficient (Wildman–Crippen LogP) is 5.96. The van der Waals surface area contributed by atoms with Crippen molar-refractivity contribution in [1.82, 2.24) is 14.6 Å². The molecule has 0 amide bonds. The molecule has 30 heavy (non-hydrogen) atoms. The minimum atomic E-state index is -4.78. The van der Waals surface area contributed by atoms with E-state index in [9.17, 15) is 13.2 Å². The van der Waals surface area contributed by atoms with E-state index in [0.29, 0.717) is 17.2 Å². The molecule has 0 atom stereocenters. The Morgan fingerprint density at radius 3 is 2.47 bits per heavy atom. The molecule has 2 aromatic heterocycles. The van der Waals surface area contributed by atoms with Gasteiger partial charge in [-0.1, -0.05) is 25.4 Å². The Morgan fingerprint density at radius 2 is 1.87 bits per heavy atom. The summed E-state index contributed by atoms with van der Waals surface area (Å²) in [5.74, 6) is 1.10. The van der Waals surface area contributed by atoms with Crippen LogP contribution < -0.4 is 15.0 Å². The van der Waals surface area contributed by atoms with Crippen molar-refractivity contribution in [3.8, 4) is 5.75 Å². The average Bonchev–Trinajstić information content (AvgIpc) is 3.11. The summed E-state index contributed by atoms with van der Waals surface area (Å²) in [7, 11) is 0. The number of ether oxygens (including phenoxy) is 1. The van der Waals surface area contributed by atoms with Crippen molar-refractivity contribution < 1.29 is 17.9 Å². The molecule has 0 aliphatic heterocycles. The Morgan fingerprint density at radius 1 is 1.17 bits per heavy atom. The summed E-state index contributed by atoms with van der Waals surface area (Å²) in [5.41, 5.74) is 1.94. The van der Waals surface area contributed by atoms with E-state index in [2.05, 4.69) is 38.9 Å². The smallest absolute Gasteiger partial charge is 0.406 e. The third kappa shape index (κ3) is 4.89. The van der Waals surface area contributed by atoms with E-state index in [0.717, 1.165) is 43.4 Å². The number of halogens is 4. The van der Waals surface area contributed by atoms with Crippen LogP contribution in [0.25, 0.3) is 5.65 Å². The van der Waals surface area contributed by atoms with E-state index in [1.165, 1.54) is 12.1 Å². The van der Waals surface area contributed by atoms with Gasteiger partial charge in [-0.2, -0.15) is 9.61 Å². The molecule has 0 spiro atoms. The summed E-state index contributed by atoms with van der Waals surface area (Å²) in [6, 6.07) is 5.55. The van der Waals surface area contributed by atoms with Crippen molar-refractivity contribution in [2.24, 2.45) is 0 Å². The number of anilines is 3. The molecule has 2 heterocycles. The van der Waals surface area contributed by atoms with Crippen LogP contribution in [0.2, 0.25) is 5.02 Å². The van der Waals surface area contributed by atoms with Gasteiger partial charge in [0.05, 0.1) is 16.9 Å². The maximum Gasteiger partial charge on any atom is 0.573 e. The number of hydrogen-bond acceptors (Lipinski definition) is 5. The molecule has 3 aromatic rings.